The molecule has 0 aromatic heterocycles. The van der Waals surface area contributed by atoms with Gasteiger partial charge in [0.25, 0.3) is 0 Å². The Balaban J connectivity index is 3.33. The number of halogens is 4. The summed E-state index contributed by atoms with van der Waals surface area (Å²) in [6.45, 7) is 0. The Morgan fingerprint density at radius 2 is 1.88 bits per heavy atom. The van der Waals surface area contributed by atoms with Crippen molar-refractivity contribution in [3.05, 3.63) is 28.3 Å². The van der Waals surface area contributed by atoms with E-state index in [1.54, 1.807) is 0 Å². The molecule has 0 amide bonds. The number of aliphatic hydroxyl groups excluding tert-OH is 1. The first-order chi connectivity index (χ1) is 7.23. The van der Waals surface area contributed by atoms with Crippen molar-refractivity contribution in [1.82, 2.24) is 0 Å². The number of aliphatic hydroxyl groups is 2. The zero-order chi connectivity index (χ0) is 12.5. The van der Waals surface area contributed by atoms with Gasteiger partial charge >= 0.3 is 6.18 Å². The van der Waals surface area contributed by atoms with Gasteiger partial charge in [0.15, 0.2) is 6.29 Å². The zero-order valence-electron chi connectivity index (χ0n) is 7.92. The highest BCUT2D eigenvalue weighted by atomic mass is 35.5. The van der Waals surface area contributed by atoms with Crippen molar-refractivity contribution in [3.8, 4) is 0 Å². The van der Waals surface area contributed by atoms with E-state index in [0.717, 1.165) is 12.1 Å². The highest BCUT2D eigenvalue weighted by Gasteiger charge is 2.34. The van der Waals surface area contributed by atoms with Gasteiger partial charge in [-0.3, -0.25) is 0 Å². The highest BCUT2D eigenvalue weighted by Crippen LogP contribution is 2.37. The van der Waals surface area contributed by atoms with Crippen molar-refractivity contribution >= 4 is 17.3 Å². The molecule has 0 atom stereocenters. The van der Waals surface area contributed by atoms with Gasteiger partial charge in [0.05, 0.1) is 16.3 Å². The van der Waals surface area contributed by atoms with Crippen LogP contribution in [0.15, 0.2) is 12.1 Å². The minimum Gasteiger partial charge on any atom is -0.397 e. The number of nitrogens with two attached hydrogens (primary N) is 1. The van der Waals surface area contributed by atoms with Crippen LogP contribution in [-0.2, 0) is 12.6 Å². The molecule has 90 valence electrons. The Labute approximate surface area is 94.3 Å². The molecule has 0 unspecified atom stereocenters. The van der Waals surface area contributed by atoms with Crippen LogP contribution in [0.25, 0.3) is 0 Å². The third kappa shape index (κ3) is 2.78. The number of nitrogen functional groups attached to an aromatic ring is 1. The summed E-state index contributed by atoms with van der Waals surface area (Å²) < 4.78 is 37.6. The summed E-state index contributed by atoms with van der Waals surface area (Å²) >= 11 is 5.56. The molecule has 0 fully saturated rings. The van der Waals surface area contributed by atoms with Gasteiger partial charge in [0.2, 0.25) is 0 Å². The predicted molar refractivity (Wildman–Crippen MR) is 52.8 cm³/mol. The Kier molecular flexibility index (Phi) is 3.67. The molecule has 0 saturated carbocycles. The second-order valence-corrected chi connectivity index (χ2v) is 3.58. The lowest BCUT2D eigenvalue weighted by Crippen LogP contribution is -2.17. The Morgan fingerprint density at radius 1 is 1.31 bits per heavy atom. The Hall–Kier alpha value is -0.980. The minimum absolute atomic E-state index is 0.0522. The Bertz CT molecular complexity index is 393. The minimum atomic E-state index is -4.61. The molecule has 0 heterocycles. The number of benzene rings is 1. The van der Waals surface area contributed by atoms with Crippen molar-refractivity contribution in [2.75, 3.05) is 5.73 Å². The van der Waals surface area contributed by atoms with Gasteiger partial charge in [-0.15, -0.1) is 0 Å². The summed E-state index contributed by atoms with van der Waals surface area (Å²) in [4.78, 5) is 0. The van der Waals surface area contributed by atoms with E-state index in [1.165, 1.54) is 0 Å². The summed E-state index contributed by atoms with van der Waals surface area (Å²) in [7, 11) is 0. The van der Waals surface area contributed by atoms with Crippen LogP contribution in [0.5, 0.6) is 0 Å². The standard InChI is InChI=1S/C9H9ClF3NO2/c10-6-2-1-5(9(11,12)13)4(8(6)14)3-7(15)16/h1-2,7,15-16H,3,14H2. The van der Waals surface area contributed by atoms with Gasteiger partial charge in [-0.05, 0) is 17.7 Å². The number of hydrogen-bond donors (Lipinski definition) is 3. The molecule has 0 bridgehead atoms. The molecule has 16 heavy (non-hydrogen) atoms. The van der Waals surface area contributed by atoms with Gasteiger partial charge in [0, 0.05) is 6.42 Å². The number of rotatable bonds is 2. The smallest absolute Gasteiger partial charge is 0.397 e. The van der Waals surface area contributed by atoms with Gasteiger partial charge in [-0.1, -0.05) is 11.6 Å². The first-order valence-corrected chi connectivity index (χ1v) is 4.61. The molecule has 1 rings (SSSR count). The van der Waals surface area contributed by atoms with Crippen LogP contribution in [0, 0.1) is 0 Å². The lowest BCUT2D eigenvalue weighted by Gasteiger charge is -2.16. The van der Waals surface area contributed by atoms with Crippen molar-refractivity contribution in [2.24, 2.45) is 0 Å². The molecule has 0 aliphatic carbocycles. The summed E-state index contributed by atoms with van der Waals surface area (Å²) in [6, 6.07) is 1.78. The maximum atomic E-state index is 12.5. The van der Waals surface area contributed by atoms with Crippen LogP contribution in [0.4, 0.5) is 18.9 Å². The SMILES string of the molecule is Nc1c(Cl)ccc(C(F)(F)F)c1CC(O)O. The van der Waals surface area contributed by atoms with E-state index in [0.29, 0.717) is 0 Å². The predicted octanol–water partition coefficient (Wildman–Crippen LogP) is 1.79. The highest BCUT2D eigenvalue weighted by molar-refractivity contribution is 6.33. The molecule has 1 aromatic carbocycles. The maximum absolute atomic E-state index is 12.5. The van der Waals surface area contributed by atoms with Crippen LogP contribution in [0.1, 0.15) is 11.1 Å². The van der Waals surface area contributed by atoms with Crippen LogP contribution >= 0.6 is 11.6 Å². The summed E-state index contributed by atoms with van der Waals surface area (Å²) in [5, 5.41) is 17.3. The normalized spacial score (nSPS) is 12.2. The molecule has 7 heteroatoms. The van der Waals surface area contributed by atoms with E-state index < -0.39 is 30.0 Å². The van der Waals surface area contributed by atoms with E-state index in [9.17, 15) is 13.2 Å². The molecule has 3 nitrogen and oxygen atoms in total. The second kappa shape index (κ2) is 4.48. The number of anilines is 1. The quantitative estimate of drug-likeness (QED) is 0.558. The van der Waals surface area contributed by atoms with Gasteiger partial charge in [-0.25, -0.2) is 0 Å². The molecule has 4 N–H and O–H groups in total. The molecule has 0 saturated heterocycles. The van der Waals surface area contributed by atoms with Crippen molar-refractivity contribution in [1.29, 1.82) is 0 Å². The maximum Gasteiger partial charge on any atom is 0.416 e. The summed E-state index contributed by atoms with van der Waals surface area (Å²) in [5.74, 6) is 0. The molecule has 0 spiro atoms. The summed E-state index contributed by atoms with van der Waals surface area (Å²) in [5.41, 5.74) is 3.67. The van der Waals surface area contributed by atoms with E-state index in [1.807, 2.05) is 0 Å². The molecule has 1 aromatic rings. The van der Waals surface area contributed by atoms with Gasteiger partial charge < -0.3 is 15.9 Å². The third-order valence-electron chi connectivity index (χ3n) is 2.00. The van der Waals surface area contributed by atoms with Crippen LogP contribution in [0.2, 0.25) is 5.02 Å². The van der Waals surface area contributed by atoms with Gasteiger partial charge in [-0.2, -0.15) is 13.2 Å². The fourth-order valence-corrected chi connectivity index (χ4v) is 1.48. The fourth-order valence-electron chi connectivity index (χ4n) is 1.30. The monoisotopic (exact) mass is 255 g/mol. The lowest BCUT2D eigenvalue weighted by molar-refractivity contribution is -0.138. The Morgan fingerprint density at radius 3 is 2.31 bits per heavy atom. The molecular weight excluding hydrogens is 247 g/mol. The van der Waals surface area contributed by atoms with Crippen LogP contribution in [0.3, 0.4) is 0 Å². The van der Waals surface area contributed by atoms with Crippen molar-refractivity contribution < 1.29 is 23.4 Å². The molecular formula is C9H9ClF3NO2. The first kappa shape index (κ1) is 13.1. The molecule has 0 aliphatic rings. The van der Waals surface area contributed by atoms with Crippen LogP contribution in [-0.4, -0.2) is 16.5 Å². The van der Waals surface area contributed by atoms with E-state index in [2.05, 4.69) is 0 Å². The van der Waals surface area contributed by atoms with Gasteiger partial charge in [0.1, 0.15) is 0 Å². The zero-order valence-corrected chi connectivity index (χ0v) is 8.68. The van der Waals surface area contributed by atoms with E-state index in [-0.39, 0.29) is 10.7 Å². The first-order valence-electron chi connectivity index (χ1n) is 4.23. The average molecular weight is 256 g/mol. The molecule has 0 aliphatic heterocycles. The van der Waals surface area contributed by atoms with Crippen LogP contribution < -0.4 is 5.73 Å². The van der Waals surface area contributed by atoms with Crippen molar-refractivity contribution in [3.63, 3.8) is 0 Å². The number of hydrogen-bond acceptors (Lipinski definition) is 3. The van der Waals surface area contributed by atoms with Crippen molar-refractivity contribution in [2.45, 2.75) is 18.9 Å². The second-order valence-electron chi connectivity index (χ2n) is 3.17. The number of alkyl halides is 3. The lowest BCUT2D eigenvalue weighted by atomic mass is 10.0. The topological polar surface area (TPSA) is 66.5 Å². The van der Waals surface area contributed by atoms with E-state index in [4.69, 9.17) is 27.5 Å². The fraction of sp³-hybridized carbons (Fsp3) is 0.333. The molecule has 0 radical (unpaired) electrons. The summed E-state index contributed by atoms with van der Waals surface area (Å²) in [6.07, 6.45) is -7.15. The average Bonchev–Trinajstić information content (AvgIpc) is 2.10. The third-order valence-corrected chi connectivity index (χ3v) is 2.33. The van der Waals surface area contributed by atoms with E-state index >= 15 is 0 Å². The largest absolute Gasteiger partial charge is 0.416 e.